The molecule has 0 aliphatic rings. The minimum absolute atomic E-state index is 0.166. The molecule has 0 saturated heterocycles. The second kappa shape index (κ2) is 3.23. The summed E-state index contributed by atoms with van der Waals surface area (Å²) in [6.07, 6.45) is 3.21. The Labute approximate surface area is 79.8 Å². The molecule has 0 spiro atoms. The summed E-state index contributed by atoms with van der Waals surface area (Å²) >= 11 is 0. The van der Waals surface area contributed by atoms with Gasteiger partial charge in [0.15, 0.2) is 6.19 Å². The third-order valence-corrected chi connectivity index (χ3v) is 1.98. The summed E-state index contributed by atoms with van der Waals surface area (Å²) in [5.74, 6) is 0. The molecule has 2 rings (SSSR count). The molecule has 2 N–H and O–H groups in total. The largest absolute Gasteiger partial charge is 0.359 e. The van der Waals surface area contributed by atoms with Gasteiger partial charge in [0, 0.05) is 17.1 Å². The van der Waals surface area contributed by atoms with Crippen LogP contribution >= 0.6 is 0 Å². The molecule has 0 bridgehead atoms. The highest BCUT2D eigenvalue weighted by atomic mass is 16.1. The number of hydrogen-bond acceptors (Lipinski definition) is 3. The highest BCUT2D eigenvalue weighted by Crippen LogP contribution is 2.08. The number of hydrogen-bond donors (Lipinski definition) is 2. The van der Waals surface area contributed by atoms with Crippen LogP contribution in [0.25, 0.3) is 10.9 Å². The van der Waals surface area contributed by atoms with E-state index in [2.05, 4.69) is 10.3 Å². The maximum atomic E-state index is 11.7. The normalized spacial score (nSPS) is 9.64. The predicted octanol–water partition coefficient (Wildman–Crippen LogP) is 1.42. The SMILES string of the molecule is N#CNc1c[nH]c2ccccc2c1=O. The highest BCUT2D eigenvalue weighted by molar-refractivity contribution is 5.81. The second-order valence-corrected chi connectivity index (χ2v) is 2.81. The molecule has 0 amide bonds. The molecule has 0 saturated carbocycles. The van der Waals surface area contributed by atoms with Crippen LogP contribution < -0.4 is 10.7 Å². The van der Waals surface area contributed by atoms with E-state index >= 15 is 0 Å². The van der Waals surface area contributed by atoms with Crippen LogP contribution in [0.2, 0.25) is 0 Å². The Morgan fingerprint density at radius 1 is 1.36 bits per heavy atom. The van der Waals surface area contributed by atoms with Gasteiger partial charge in [-0.25, -0.2) is 0 Å². The van der Waals surface area contributed by atoms with Gasteiger partial charge in [-0.05, 0) is 12.1 Å². The number of rotatable bonds is 1. The lowest BCUT2D eigenvalue weighted by Crippen LogP contribution is -2.08. The smallest absolute Gasteiger partial charge is 0.213 e. The second-order valence-electron chi connectivity index (χ2n) is 2.81. The van der Waals surface area contributed by atoms with Gasteiger partial charge in [0.05, 0.1) is 0 Å². The molecule has 2 aromatic rings. The maximum Gasteiger partial charge on any atom is 0.213 e. The van der Waals surface area contributed by atoms with E-state index in [9.17, 15) is 4.79 Å². The van der Waals surface area contributed by atoms with Crippen molar-refractivity contribution in [3.63, 3.8) is 0 Å². The van der Waals surface area contributed by atoms with E-state index < -0.39 is 0 Å². The van der Waals surface area contributed by atoms with Gasteiger partial charge in [0.25, 0.3) is 0 Å². The number of nitrogens with one attached hydrogen (secondary N) is 2. The third kappa shape index (κ3) is 1.21. The number of nitriles is 1. The van der Waals surface area contributed by atoms with Crippen LogP contribution in [-0.4, -0.2) is 4.98 Å². The van der Waals surface area contributed by atoms with Gasteiger partial charge in [0.2, 0.25) is 5.43 Å². The molecule has 0 unspecified atom stereocenters. The van der Waals surface area contributed by atoms with Gasteiger partial charge in [0.1, 0.15) is 5.69 Å². The van der Waals surface area contributed by atoms with E-state index in [-0.39, 0.29) is 11.1 Å². The molecule has 0 fully saturated rings. The van der Waals surface area contributed by atoms with Crippen molar-refractivity contribution in [1.29, 1.82) is 5.26 Å². The molecule has 1 aromatic heterocycles. The van der Waals surface area contributed by atoms with Crippen molar-refractivity contribution < 1.29 is 0 Å². The summed E-state index contributed by atoms with van der Waals surface area (Å²) in [7, 11) is 0. The summed E-state index contributed by atoms with van der Waals surface area (Å²) in [4.78, 5) is 14.6. The van der Waals surface area contributed by atoms with Gasteiger partial charge in [-0.3, -0.25) is 10.1 Å². The molecule has 14 heavy (non-hydrogen) atoms. The van der Waals surface area contributed by atoms with Crippen molar-refractivity contribution in [2.45, 2.75) is 0 Å². The van der Waals surface area contributed by atoms with E-state index in [4.69, 9.17) is 5.26 Å². The third-order valence-electron chi connectivity index (χ3n) is 1.98. The van der Waals surface area contributed by atoms with Crippen LogP contribution in [0.3, 0.4) is 0 Å². The Morgan fingerprint density at radius 2 is 2.14 bits per heavy atom. The van der Waals surface area contributed by atoms with Crippen LogP contribution in [0.1, 0.15) is 0 Å². The van der Waals surface area contributed by atoms with Gasteiger partial charge in [-0.1, -0.05) is 12.1 Å². The Balaban J connectivity index is 2.77. The molecule has 1 aromatic carbocycles. The summed E-state index contributed by atoms with van der Waals surface area (Å²) in [6, 6.07) is 7.16. The Hall–Kier alpha value is -2.28. The summed E-state index contributed by atoms with van der Waals surface area (Å²) in [5, 5.41) is 11.3. The van der Waals surface area contributed by atoms with Crippen molar-refractivity contribution in [2.75, 3.05) is 5.32 Å². The van der Waals surface area contributed by atoms with Crippen LogP contribution in [0.5, 0.6) is 0 Å². The van der Waals surface area contributed by atoms with Crippen molar-refractivity contribution in [3.05, 3.63) is 40.7 Å². The number of fused-ring (bicyclic) bond motifs is 1. The summed E-state index contributed by atoms with van der Waals surface area (Å²) < 4.78 is 0. The zero-order chi connectivity index (χ0) is 9.97. The van der Waals surface area contributed by atoms with Crippen LogP contribution in [0.4, 0.5) is 5.69 Å². The van der Waals surface area contributed by atoms with E-state index in [1.807, 2.05) is 12.1 Å². The number of aromatic nitrogens is 1. The van der Waals surface area contributed by atoms with Crippen LogP contribution in [-0.2, 0) is 0 Å². The average Bonchev–Trinajstić information content (AvgIpc) is 2.23. The monoisotopic (exact) mass is 185 g/mol. The zero-order valence-electron chi connectivity index (χ0n) is 7.24. The van der Waals surface area contributed by atoms with Crippen molar-refractivity contribution >= 4 is 16.6 Å². The van der Waals surface area contributed by atoms with Gasteiger partial charge >= 0.3 is 0 Å². The molecule has 0 aliphatic carbocycles. The molecule has 0 aliphatic heterocycles. The van der Waals surface area contributed by atoms with Gasteiger partial charge in [-0.2, -0.15) is 5.26 Å². The minimum Gasteiger partial charge on any atom is -0.359 e. The van der Waals surface area contributed by atoms with E-state index in [0.29, 0.717) is 5.39 Å². The summed E-state index contributed by atoms with van der Waals surface area (Å²) in [6.45, 7) is 0. The fraction of sp³-hybridized carbons (Fsp3) is 0. The number of anilines is 1. The lowest BCUT2D eigenvalue weighted by atomic mass is 10.2. The fourth-order valence-electron chi connectivity index (χ4n) is 1.32. The number of pyridine rings is 1. The molecule has 68 valence electrons. The lowest BCUT2D eigenvalue weighted by Gasteiger charge is -1.99. The highest BCUT2D eigenvalue weighted by Gasteiger charge is 2.02. The zero-order valence-corrected chi connectivity index (χ0v) is 7.24. The predicted molar refractivity (Wildman–Crippen MR) is 53.8 cm³/mol. The van der Waals surface area contributed by atoms with E-state index in [1.165, 1.54) is 6.20 Å². The fourth-order valence-corrected chi connectivity index (χ4v) is 1.32. The number of para-hydroxylation sites is 1. The molecule has 1 heterocycles. The Bertz CT molecular complexity index is 565. The molecular weight excluding hydrogens is 178 g/mol. The number of benzene rings is 1. The van der Waals surface area contributed by atoms with Crippen LogP contribution in [0, 0.1) is 11.5 Å². The summed E-state index contributed by atoms with van der Waals surface area (Å²) in [5.41, 5.74) is 0.869. The molecule has 4 nitrogen and oxygen atoms in total. The Kier molecular flexibility index (Phi) is 1.92. The van der Waals surface area contributed by atoms with E-state index in [1.54, 1.807) is 18.3 Å². The Morgan fingerprint density at radius 3 is 2.93 bits per heavy atom. The molecule has 0 radical (unpaired) electrons. The van der Waals surface area contributed by atoms with Crippen molar-refractivity contribution in [1.82, 2.24) is 4.98 Å². The lowest BCUT2D eigenvalue weighted by molar-refractivity contribution is 1.37. The number of H-pyrrole nitrogens is 1. The molecule has 0 atom stereocenters. The maximum absolute atomic E-state index is 11.7. The topological polar surface area (TPSA) is 68.7 Å². The number of nitrogens with zero attached hydrogens (tertiary/aromatic N) is 1. The van der Waals surface area contributed by atoms with Crippen molar-refractivity contribution in [3.8, 4) is 6.19 Å². The first kappa shape index (κ1) is 8.32. The first-order chi connectivity index (χ1) is 6.83. The van der Waals surface area contributed by atoms with Crippen LogP contribution in [0.15, 0.2) is 35.3 Å². The quantitative estimate of drug-likeness (QED) is 0.521. The average molecular weight is 185 g/mol. The van der Waals surface area contributed by atoms with Gasteiger partial charge in [-0.15, -0.1) is 0 Å². The van der Waals surface area contributed by atoms with Gasteiger partial charge < -0.3 is 4.98 Å². The van der Waals surface area contributed by atoms with Crippen molar-refractivity contribution in [2.24, 2.45) is 0 Å². The number of aromatic amines is 1. The molecular formula is C10H7N3O. The van der Waals surface area contributed by atoms with E-state index in [0.717, 1.165) is 5.52 Å². The molecule has 4 heteroatoms. The first-order valence-corrected chi connectivity index (χ1v) is 4.08. The standard InChI is InChI=1S/C10H7N3O/c11-6-13-9-5-12-8-4-2-1-3-7(8)10(9)14/h1-5,13H,(H,12,14). The minimum atomic E-state index is -0.166. The first-order valence-electron chi connectivity index (χ1n) is 4.08.